The molecule has 1 heterocycles. The van der Waals surface area contributed by atoms with Gasteiger partial charge >= 0.3 is 5.97 Å². The zero-order chi connectivity index (χ0) is 17.3. The number of carbonyl (C=O) groups is 1. The number of carbonyl (C=O) groups excluding carboxylic acids is 1. The van der Waals surface area contributed by atoms with Crippen molar-refractivity contribution in [2.24, 2.45) is 0 Å². The molecule has 0 spiro atoms. The molecule has 0 unspecified atom stereocenters. The van der Waals surface area contributed by atoms with Gasteiger partial charge in [0.05, 0.1) is 24.4 Å². The lowest BCUT2D eigenvalue weighted by Gasteiger charge is -2.09. The van der Waals surface area contributed by atoms with Crippen molar-refractivity contribution in [3.05, 3.63) is 40.7 Å². The van der Waals surface area contributed by atoms with E-state index in [0.717, 1.165) is 24.1 Å². The van der Waals surface area contributed by atoms with Gasteiger partial charge in [0.2, 0.25) is 5.69 Å². The lowest BCUT2D eigenvalue weighted by atomic mass is 10.1. The first kappa shape index (κ1) is 16.4. The number of aromatic nitrogens is 2. The molecule has 1 aliphatic rings. The summed E-state index contributed by atoms with van der Waals surface area (Å²) in [5, 5.41) is 13.4. The summed E-state index contributed by atoms with van der Waals surface area (Å²) in [6, 6.07) is 7.34. The number of nitrogens with zero attached hydrogens (tertiary/aromatic N) is 3. The van der Waals surface area contributed by atoms with Gasteiger partial charge in [0, 0.05) is 12.2 Å². The van der Waals surface area contributed by atoms with Gasteiger partial charge in [-0.05, 0) is 55.5 Å². The van der Waals surface area contributed by atoms with Crippen LogP contribution in [-0.2, 0) is 4.74 Å². The van der Waals surface area contributed by atoms with Crippen molar-refractivity contribution in [2.75, 3.05) is 13.4 Å². The van der Waals surface area contributed by atoms with Crippen LogP contribution in [0.4, 0.5) is 0 Å². The van der Waals surface area contributed by atoms with E-state index in [1.54, 1.807) is 22.3 Å². The predicted molar refractivity (Wildman–Crippen MR) is 90.4 cm³/mol. The molecule has 0 N–H and O–H groups in total. The van der Waals surface area contributed by atoms with E-state index in [4.69, 9.17) is 14.7 Å². The average molecular weight is 343 g/mol. The zero-order valence-electron chi connectivity index (χ0n) is 13.7. The number of esters is 1. The topological polar surface area (TPSA) is 77.1 Å². The third-order valence-electron chi connectivity index (χ3n) is 3.90. The number of aryl methyl sites for hydroxylation is 1. The zero-order valence-corrected chi connectivity index (χ0v) is 14.5. The third-order valence-corrected chi connectivity index (χ3v) is 4.52. The number of hydrogen-bond acceptors (Lipinski definition) is 6. The Hall–Kier alpha value is -2.46. The van der Waals surface area contributed by atoms with Crippen molar-refractivity contribution in [1.29, 1.82) is 5.26 Å². The highest BCUT2D eigenvalue weighted by molar-refractivity contribution is 7.97. The monoisotopic (exact) mass is 343 g/mol. The minimum absolute atomic E-state index is 0.177. The van der Waals surface area contributed by atoms with Crippen LogP contribution in [0, 0.1) is 18.3 Å². The van der Waals surface area contributed by atoms with Crippen molar-refractivity contribution in [1.82, 2.24) is 9.19 Å². The Morgan fingerprint density at radius 3 is 2.75 bits per heavy atom. The number of rotatable bonds is 5. The molecule has 6 nitrogen and oxygen atoms in total. The fourth-order valence-electron chi connectivity index (χ4n) is 2.51. The van der Waals surface area contributed by atoms with Crippen LogP contribution in [-0.4, -0.2) is 28.5 Å². The Kier molecular flexibility index (Phi) is 4.49. The smallest absolute Gasteiger partial charge is 0.362 e. The van der Waals surface area contributed by atoms with Gasteiger partial charge in [-0.1, -0.05) is 0 Å². The fraction of sp³-hybridized carbons (Fsp3) is 0.353. The highest BCUT2D eigenvalue weighted by Gasteiger charge is 2.36. The van der Waals surface area contributed by atoms with Gasteiger partial charge in [-0.25, -0.2) is 8.88 Å². The van der Waals surface area contributed by atoms with Gasteiger partial charge in [0.1, 0.15) is 5.75 Å². The molecular formula is C17H17N3O3S. The molecule has 1 fully saturated rings. The summed E-state index contributed by atoms with van der Waals surface area (Å²) >= 11 is 1.42. The lowest BCUT2D eigenvalue weighted by molar-refractivity contribution is 0.0591. The van der Waals surface area contributed by atoms with Crippen LogP contribution in [0.5, 0.6) is 11.5 Å². The van der Waals surface area contributed by atoms with E-state index in [9.17, 15) is 4.79 Å². The van der Waals surface area contributed by atoms with Gasteiger partial charge in [-0.15, -0.1) is 0 Å². The summed E-state index contributed by atoms with van der Waals surface area (Å²) < 4.78 is 12.6. The fourth-order valence-corrected chi connectivity index (χ4v) is 3.10. The van der Waals surface area contributed by atoms with Crippen LogP contribution in [0.1, 0.15) is 46.1 Å². The first-order valence-electron chi connectivity index (χ1n) is 7.53. The molecule has 3 rings (SSSR count). The van der Waals surface area contributed by atoms with Gasteiger partial charge in [-0.3, -0.25) is 0 Å². The molecule has 1 aromatic carbocycles. The second-order valence-corrected chi connectivity index (χ2v) is 6.29. The summed E-state index contributed by atoms with van der Waals surface area (Å²) in [4.78, 5) is 12.1. The normalized spacial score (nSPS) is 13.4. The van der Waals surface area contributed by atoms with E-state index < -0.39 is 5.97 Å². The lowest BCUT2D eigenvalue weighted by Crippen LogP contribution is -2.04. The van der Waals surface area contributed by atoms with Gasteiger partial charge in [0.25, 0.3) is 0 Å². The van der Waals surface area contributed by atoms with E-state index >= 15 is 0 Å². The number of methoxy groups -OCH3 is 1. The first-order valence-corrected chi connectivity index (χ1v) is 8.71. The number of hydrogen-bond donors (Lipinski definition) is 0. The SMILES string of the molecule is COC(=O)c1nn(SC)c(C2CC2)c1Oc1ccc(C#N)c(C)c1. The molecule has 0 bridgehead atoms. The maximum absolute atomic E-state index is 12.1. The molecule has 0 aliphatic heterocycles. The summed E-state index contributed by atoms with van der Waals surface area (Å²) in [6.07, 6.45) is 4.00. The summed E-state index contributed by atoms with van der Waals surface area (Å²) in [5.74, 6) is 0.838. The summed E-state index contributed by atoms with van der Waals surface area (Å²) in [7, 11) is 1.33. The molecule has 0 saturated heterocycles. The minimum atomic E-state index is -0.523. The predicted octanol–water partition coefficient (Wildman–Crippen LogP) is 3.65. The third kappa shape index (κ3) is 2.97. The van der Waals surface area contributed by atoms with Crippen molar-refractivity contribution >= 4 is 17.9 Å². The summed E-state index contributed by atoms with van der Waals surface area (Å²) in [5.41, 5.74) is 2.50. The maximum Gasteiger partial charge on any atom is 0.362 e. The standard InChI is InChI=1S/C17H17N3O3S/c1-10-8-13(7-6-12(10)9-18)23-16-14(17(21)22-2)19-20(24-3)15(16)11-4-5-11/h6-8,11H,4-5H2,1-3H3. The van der Waals surface area contributed by atoms with Gasteiger partial charge in [-0.2, -0.15) is 10.4 Å². The highest BCUT2D eigenvalue weighted by Crippen LogP contribution is 2.47. The maximum atomic E-state index is 12.1. The van der Waals surface area contributed by atoms with E-state index in [1.807, 2.05) is 13.2 Å². The van der Waals surface area contributed by atoms with E-state index in [0.29, 0.717) is 23.0 Å². The molecule has 0 radical (unpaired) electrons. The van der Waals surface area contributed by atoms with Gasteiger partial charge < -0.3 is 9.47 Å². The first-order chi connectivity index (χ1) is 11.6. The molecule has 0 atom stereocenters. The van der Waals surface area contributed by atoms with Crippen LogP contribution in [0.15, 0.2) is 18.2 Å². The largest absolute Gasteiger partial charge is 0.464 e. The highest BCUT2D eigenvalue weighted by atomic mass is 32.2. The number of ether oxygens (including phenoxy) is 2. The average Bonchev–Trinajstić information content (AvgIpc) is 3.36. The Morgan fingerprint density at radius 2 is 2.21 bits per heavy atom. The van der Waals surface area contributed by atoms with Crippen LogP contribution in [0.3, 0.4) is 0 Å². The summed E-state index contributed by atoms with van der Waals surface area (Å²) in [6.45, 7) is 1.85. The minimum Gasteiger partial charge on any atom is -0.464 e. The van der Waals surface area contributed by atoms with E-state index in [2.05, 4.69) is 11.2 Å². The molecule has 24 heavy (non-hydrogen) atoms. The molecular weight excluding hydrogens is 326 g/mol. The Labute approximate surface area is 144 Å². The number of benzene rings is 1. The molecule has 0 amide bonds. The molecule has 124 valence electrons. The second-order valence-electron chi connectivity index (χ2n) is 5.57. The molecule has 1 aromatic heterocycles. The van der Waals surface area contributed by atoms with Gasteiger partial charge in [0.15, 0.2) is 5.75 Å². The number of nitriles is 1. The van der Waals surface area contributed by atoms with Crippen LogP contribution in [0.25, 0.3) is 0 Å². The van der Waals surface area contributed by atoms with Crippen LogP contribution >= 0.6 is 11.9 Å². The molecule has 1 aliphatic carbocycles. The molecule has 1 saturated carbocycles. The Balaban J connectivity index is 2.05. The quantitative estimate of drug-likeness (QED) is 0.771. The van der Waals surface area contributed by atoms with Crippen molar-refractivity contribution in [2.45, 2.75) is 25.7 Å². The van der Waals surface area contributed by atoms with Crippen LogP contribution in [0.2, 0.25) is 0 Å². The van der Waals surface area contributed by atoms with E-state index in [1.165, 1.54) is 19.1 Å². The van der Waals surface area contributed by atoms with Crippen LogP contribution < -0.4 is 4.74 Å². The second kappa shape index (κ2) is 6.57. The Bertz CT molecular complexity index is 834. The molecule has 2 aromatic rings. The Morgan fingerprint density at radius 1 is 1.46 bits per heavy atom. The van der Waals surface area contributed by atoms with Crippen molar-refractivity contribution in [3.8, 4) is 17.6 Å². The van der Waals surface area contributed by atoms with Crippen molar-refractivity contribution < 1.29 is 14.3 Å². The van der Waals surface area contributed by atoms with Crippen molar-refractivity contribution in [3.63, 3.8) is 0 Å². The van der Waals surface area contributed by atoms with E-state index in [-0.39, 0.29) is 5.69 Å². The molecule has 7 heteroatoms.